The molecule has 0 aromatic heterocycles. The molecule has 0 heterocycles. The molecule has 0 spiro atoms. The highest BCUT2D eigenvalue weighted by Gasteiger charge is 2.03. The quantitative estimate of drug-likeness (QED) is 0.843. The zero-order valence-corrected chi connectivity index (χ0v) is 12.1. The molecule has 0 atom stereocenters. The van der Waals surface area contributed by atoms with Crippen LogP contribution in [0.25, 0.3) is 0 Å². The van der Waals surface area contributed by atoms with Crippen molar-refractivity contribution < 1.29 is 9.53 Å². The minimum atomic E-state index is -0.333. The maximum Gasteiger partial charge on any atom is 0.325 e. The molecule has 0 unspecified atom stereocenters. The van der Waals surface area contributed by atoms with E-state index in [9.17, 15) is 4.79 Å². The molecule has 5 heteroatoms. The van der Waals surface area contributed by atoms with Crippen molar-refractivity contribution in [2.45, 2.75) is 6.61 Å². The van der Waals surface area contributed by atoms with Crippen LogP contribution in [0.1, 0.15) is 5.56 Å². The van der Waals surface area contributed by atoms with Gasteiger partial charge in [0, 0.05) is 15.7 Å². The summed E-state index contributed by atoms with van der Waals surface area (Å²) in [5, 5.41) is 4.22. The van der Waals surface area contributed by atoms with Crippen LogP contribution in [-0.2, 0) is 16.1 Å². The highest BCUT2D eigenvalue weighted by atomic mass is 35.5. The Morgan fingerprint density at radius 2 is 1.80 bits per heavy atom. The van der Waals surface area contributed by atoms with E-state index >= 15 is 0 Å². The first-order chi connectivity index (χ1) is 9.63. The average Bonchev–Trinajstić information content (AvgIpc) is 2.45. The first-order valence-corrected chi connectivity index (χ1v) is 6.78. The highest BCUT2D eigenvalue weighted by Crippen LogP contribution is 2.14. The van der Waals surface area contributed by atoms with Gasteiger partial charge in [0.05, 0.1) is 0 Å². The zero-order valence-electron chi connectivity index (χ0n) is 10.6. The lowest BCUT2D eigenvalue weighted by atomic mass is 10.2. The SMILES string of the molecule is O=C(CNc1cccc(Cl)c1)OCc1ccc(Cl)cc1. The third-order valence-electron chi connectivity index (χ3n) is 2.57. The summed E-state index contributed by atoms with van der Waals surface area (Å²) in [7, 11) is 0. The summed E-state index contributed by atoms with van der Waals surface area (Å²) in [6.45, 7) is 0.321. The van der Waals surface area contributed by atoms with Crippen molar-refractivity contribution in [2.24, 2.45) is 0 Å². The van der Waals surface area contributed by atoms with E-state index in [1.54, 1.807) is 24.3 Å². The fourth-order valence-corrected chi connectivity index (χ4v) is 1.88. The average molecular weight is 310 g/mol. The molecule has 3 nitrogen and oxygen atoms in total. The fourth-order valence-electron chi connectivity index (χ4n) is 1.57. The number of halogens is 2. The topological polar surface area (TPSA) is 38.3 Å². The second-order valence-corrected chi connectivity index (χ2v) is 5.02. The Bertz CT molecular complexity index is 585. The van der Waals surface area contributed by atoms with E-state index in [1.165, 1.54) is 0 Å². The van der Waals surface area contributed by atoms with E-state index in [-0.39, 0.29) is 19.1 Å². The third kappa shape index (κ3) is 4.76. The Kier molecular flexibility index (Phi) is 5.27. The van der Waals surface area contributed by atoms with Gasteiger partial charge in [-0.15, -0.1) is 0 Å². The van der Waals surface area contributed by atoms with Crippen LogP contribution in [0.5, 0.6) is 0 Å². The van der Waals surface area contributed by atoms with Gasteiger partial charge >= 0.3 is 5.97 Å². The van der Waals surface area contributed by atoms with E-state index in [4.69, 9.17) is 27.9 Å². The number of carbonyl (C=O) groups excluding carboxylic acids is 1. The number of carbonyl (C=O) groups is 1. The Balaban J connectivity index is 1.77. The summed E-state index contributed by atoms with van der Waals surface area (Å²) in [5.74, 6) is -0.333. The number of benzene rings is 2. The molecular formula is C15H13Cl2NO2. The molecule has 20 heavy (non-hydrogen) atoms. The Hall–Kier alpha value is -1.71. The number of nitrogens with one attached hydrogen (secondary N) is 1. The van der Waals surface area contributed by atoms with Crippen LogP contribution < -0.4 is 5.32 Å². The molecule has 104 valence electrons. The van der Waals surface area contributed by atoms with Gasteiger partial charge in [0.1, 0.15) is 13.2 Å². The third-order valence-corrected chi connectivity index (χ3v) is 3.06. The van der Waals surface area contributed by atoms with Crippen LogP contribution in [0.3, 0.4) is 0 Å². The van der Waals surface area contributed by atoms with E-state index in [0.29, 0.717) is 10.0 Å². The van der Waals surface area contributed by atoms with E-state index < -0.39 is 0 Å². The monoisotopic (exact) mass is 309 g/mol. The molecule has 2 rings (SSSR count). The maximum atomic E-state index is 11.6. The number of esters is 1. The van der Waals surface area contributed by atoms with Crippen LogP contribution in [0.15, 0.2) is 48.5 Å². The first-order valence-electron chi connectivity index (χ1n) is 6.03. The molecule has 0 aliphatic carbocycles. The predicted molar refractivity (Wildman–Crippen MR) is 81.2 cm³/mol. The fraction of sp³-hybridized carbons (Fsp3) is 0.133. The molecular weight excluding hydrogens is 297 g/mol. The summed E-state index contributed by atoms with van der Waals surface area (Å²) in [6.07, 6.45) is 0. The van der Waals surface area contributed by atoms with Crippen molar-refractivity contribution in [3.05, 3.63) is 64.1 Å². The van der Waals surface area contributed by atoms with Crippen molar-refractivity contribution in [1.82, 2.24) is 0 Å². The Morgan fingerprint density at radius 1 is 1.05 bits per heavy atom. The maximum absolute atomic E-state index is 11.6. The largest absolute Gasteiger partial charge is 0.460 e. The lowest BCUT2D eigenvalue weighted by Crippen LogP contribution is -2.16. The number of anilines is 1. The predicted octanol–water partition coefficient (Wildman–Crippen LogP) is 4.15. The summed E-state index contributed by atoms with van der Waals surface area (Å²) in [4.78, 5) is 11.6. The molecule has 2 aromatic carbocycles. The van der Waals surface area contributed by atoms with Gasteiger partial charge in [-0.1, -0.05) is 41.4 Å². The van der Waals surface area contributed by atoms with E-state index in [1.807, 2.05) is 24.3 Å². The van der Waals surface area contributed by atoms with Crippen molar-refractivity contribution in [2.75, 3.05) is 11.9 Å². The van der Waals surface area contributed by atoms with Crippen LogP contribution in [-0.4, -0.2) is 12.5 Å². The van der Waals surface area contributed by atoms with E-state index in [0.717, 1.165) is 11.3 Å². The Morgan fingerprint density at radius 3 is 2.50 bits per heavy atom. The minimum absolute atomic E-state index is 0.0912. The van der Waals surface area contributed by atoms with Crippen LogP contribution in [0, 0.1) is 0 Å². The molecule has 0 saturated carbocycles. The number of rotatable bonds is 5. The minimum Gasteiger partial charge on any atom is -0.460 e. The van der Waals surface area contributed by atoms with Crippen molar-refractivity contribution in [1.29, 1.82) is 0 Å². The van der Waals surface area contributed by atoms with Crippen LogP contribution in [0.2, 0.25) is 10.0 Å². The number of hydrogen-bond donors (Lipinski definition) is 1. The molecule has 0 aliphatic rings. The van der Waals surface area contributed by atoms with Crippen LogP contribution in [0.4, 0.5) is 5.69 Å². The summed E-state index contributed by atoms with van der Waals surface area (Å²) < 4.78 is 5.14. The lowest BCUT2D eigenvalue weighted by Gasteiger charge is -2.07. The lowest BCUT2D eigenvalue weighted by molar-refractivity contribution is -0.142. The van der Waals surface area contributed by atoms with Gasteiger partial charge < -0.3 is 10.1 Å². The molecule has 1 N–H and O–H groups in total. The zero-order chi connectivity index (χ0) is 14.4. The van der Waals surface area contributed by atoms with Crippen molar-refractivity contribution in [3.8, 4) is 0 Å². The molecule has 0 aliphatic heterocycles. The Labute approximate surface area is 127 Å². The van der Waals surface area contributed by atoms with E-state index in [2.05, 4.69) is 5.32 Å². The van der Waals surface area contributed by atoms with Gasteiger partial charge in [-0.3, -0.25) is 4.79 Å². The molecule has 2 aromatic rings. The van der Waals surface area contributed by atoms with Gasteiger partial charge in [-0.2, -0.15) is 0 Å². The summed E-state index contributed by atoms with van der Waals surface area (Å²) >= 11 is 11.6. The number of hydrogen-bond acceptors (Lipinski definition) is 3. The van der Waals surface area contributed by atoms with Gasteiger partial charge in [0.2, 0.25) is 0 Å². The van der Waals surface area contributed by atoms with Crippen molar-refractivity contribution in [3.63, 3.8) is 0 Å². The smallest absolute Gasteiger partial charge is 0.325 e. The molecule has 0 amide bonds. The summed E-state index contributed by atoms with van der Waals surface area (Å²) in [6, 6.07) is 14.3. The van der Waals surface area contributed by atoms with Gasteiger partial charge in [-0.05, 0) is 35.9 Å². The first kappa shape index (κ1) is 14.7. The van der Waals surface area contributed by atoms with Crippen LogP contribution >= 0.6 is 23.2 Å². The molecule has 0 radical (unpaired) electrons. The number of ether oxygens (including phenoxy) is 1. The highest BCUT2D eigenvalue weighted by molar-refractivity contribution is 6.31. The standard InChI is InChI=1S/C15H13Cl2NO2/c16-12-6-4-11(5-7-12)10-20-15(19)9-18-14-3-1-2-13(17)8-14/h1-8,18H,9-10H2. The normalized spacial score (nSPS) is 10.1. The molecule has 0 bridgehead atoms. The second-order valence-electron chi connectivity index (χ2n) is 4.15. The molecule has 0 saturated heterocycles. The summed E-state index contributed by atoms with van der Waals surface area (Å²) in [5.41, 5.74) is 1.67. The van der Waals surface area contributed by atoms with Gasteiger partial charge in [0.25, 0.3) is 0 Å². The van der Waals surface area contributed by atoms with Gasteiger partial charge in [0.15, 0.2) is 0 Å². The second kappa shape index (κ2) is 7.17. The molecule has 0 fully saturated rings. The van der Waals surface area contributed by atoms with Crippen molar-refractivity contribution >= 4 is 34.9 Å². The van der Waals surface area contributed by atoms with Gasteiger partial charge in [-0.25, -0.2) is 0 Å².